The maximum atomic E-state index is 12.0. The first-order valence-electron chi connectivity index (χ1n) is 6.67. The second kappa shape index (κ2) is 6.82. The summed E-state index contributed by atoms with van der Waals surface area (Å²) in [6, 6.07) is 14.9. The third kappa shape index (κ3) is 3.90. The van der Waals surface area contributed by atoms with Crippen LogP contribution in [0.5, 0.6) is 0 Å². The van der Waals surface area contributed by atoms with Gasteiger partial charge in [-0.05, 0) is 24.6 Å². The number of carbonyl (C=O) groups is 1. The van der Waals surface area contributed by atoms with Crippen LogP contribution < -0.4 is 11.1 Å². The van der Waals surface area contributed by atoms with Gasteiger partial charge in [0.05, 0.1) is 11.7 Å². The van der Waals surface area contributed by atoms with Crippen LogP contribution in [-0.2, 0) is 4.79 Å². The van der Waals surface area contributed by atoms with E-state index in [1.54, 1.807) is 6.20 Å². The van der Waals surface area contributed by atoms with Crippen LogP contribution in [0.3, 0.4) is 0 Å². The Morgan fingerprint density at radius 1 is 1.20 bits per heavy atom. The van der Waals surface area contributed by atoms with Crippen LogP contribution in [0.15, 0.2) is 54.7 Å². The van der Waals surface area contributed by atoms with Crippen molar-refractivity contribution in [1.82, 2.24) is 10.3 Å². The van der Waals surface area contributed by atoms with Crippen LogP contribution >= 0.6 is 0 Å². The zero-order chi connectivity index (χ0) is 14.4. The highest BCUT2D eigenvalue weighted by atomic mass is 16.1. The molecule has 20 heavy (non-hydrogen) atoms. The lowest BCUT2D eigenvalue weighted by molar-refractivity contribution is -0.122. The average Bonchev–Trinajstić information content (AvgIpc) is 2.49. The average molecular weight is 269 g/mol. The normalized spacial score (nSPS) is 13.5. The predicted molar refractivity (Wildman–Crippen MR) is 78.8 cm³/mol. The van der Waals surface area contributed by atoms with Gasteiger partial charge in [0, 0.05) is 18.7 Å². The van der Waals surface area contributed by atoms with Crippen molar-refractivity contribution in [3.05, 3.63) is 66.0 Å². The molecule has 0 radical (unpaired) electrons. The molecule has 104 valence electrons. The molecule has 2 atom stereocenters. The van der Waals surface area contributed by atoms with Gasteiger partial charge in [-0.25, -0.2) is 0 Å². The van der Waals surface area contributed by atoms with E-state index in [0.717, 1.165) is 11.3 Å². The first-order chi connectivity index (χ1) is 9.66. The number of nitrogens with one attached hydrogen (secondary N) is 1. The fourth-order valence-electron chi connectivity index (χ4n) is 2.02. The second-order valence-electron chi connectivity index (χ2n) is 4.77. The molecule has 4 nitrogen and oxygen atoms in total. The SMILES string of the molecule is C[C@@H](NC(=O)CC(N)c1ccccc1)c1ccccn1. The summed E-state index contributed by atoms with van der Waals surface area (Å²) < 4.78 is 0. The van der Waals surface area contributed by atoms with Crippen LogP contribution in [-0.4, -0.2) is 10.9 Å². The molecule has 0 aliphatic rings. The molecule has 2 rings (SSSR count). The highest BCUT2D eigenvalue weighted by Crippen LogP contribution is 2.14. The summed E-state index contributed by atoms with van der Waals surface area (Å²) in [6.45, 7) is 1.91. The Kier molecular flexibility index (Phi) is 4.85. The third-order valence-corrected chi connectivity index (χ3v) is 3.14. The summed E-state index contributed by atoms with van der Waals surface area (Å²) in [4.78, 5) is 16.2. The van der Waals surface area contributed by atoms with Crippen LogP contribution in [0.25, 0.3) is 0 Å². The van der Waals surface area contributed by atoms with Crippen molar-refractivity contribution in [2.45, 2.75) is 25.4 Å². The number of pyridine rings is 1. The molecule has 4 heteroatoms. The third-order valence-electron chi connectivity index (χ3n) is 3.14. The molecule has 2 aromatic rings. The van der Waals surface area contributed by atoms with Gasteiger partial charge in [-0.2, -0.15) is 0 Å². The highest BCUT2D eigenvalue weighted by molar-refractivity contribution is 5.77. The summed E-state index contributed by atoms with van der Waals surface area (Å²) in [5.41, 5.74) is 7.84. The van der Waals surface area contributed by atoms with Gasteiger partial charge in [-0.3, -0.25) is 9.78 Å². The summed E-state index contributed by atoms with van der Waals surface area (Å²) in [6.07, 6.45) is 1.98. The number of nitrogens with zero attached hydrogens (tertiary/aromatic N) is 1. The van der Waals surface area contributed by atoms with Crippen LogP contribution in [0.4, 0.5) is 0 Å². The quantitative estimate of drug-likeness (QED) is 0.875. The summed E-state index contributed by atoms with van der Waals surface area (Å²) in [5.74, 6) is -0.0699. The molecule has 3 N–H and O–H groups in total. The Bertz CT molecular complexity index is 493. The fraction of sp³-hybridized carbons (Fsp3) is 0.250. The minimum atomic E-state index is -0.285. The number of amides is 1. The van der Waals surface area contributed by atoms with Crippen molar-refractivity contribution < 1.29 is 4.79 Å². The predicted octanol–water partition coefficient (Wildman–Crippen LogP) is 2.35. The Hall–Kier alpha value is -2.20. The van der Waals surface area contributed by atoms with Crippen molar-refractivity contribution >= 4 is 5.91 Å². The topological polar surface area (TPSA) is 68.0 Å². The zero-order valence-electron chi connectivity index (χ0n) is 11.5. The van der Waals surface area contributed by atoms with Gasteiger partial charge < -0.3 is 11.1 Å². The molecule has 1 amide bonds. The number of nitrogens with two attached hydrogens (primary N) is 1. The molecule has 0 saturated heterocycles. The first-order valence-corrected chi connectivity index (χ1v) is 6.67. The number of aromatic nitrogens is 1. The van der Waals surface area contributed by atoms with Crippen molar-refractivity contribution in [3.63, 3.8) is 0 Å². The highest BCUT2D eigenvalue weighted by Gasteiger charge is 2.14. The van der Waals surface area contributed by atoms with Gasteiger partial charge in [0.2, 0.25) is 5.91 Å². The largest absolute Gasteiger partial charge is 0.348 e. The van der Waals surface area contributed by atoms with E-state index >= 15 is 0 Å². The van der Waals surface area contributed by atoms with Crippen molar-refractivity contribution in [3.8, 4) is 0 Å². The zero-order valence-corrected chi connectivity index (χ0v) is 11.5. The molecular weight excluding hydrogens is 250 g/mol. The Morgan fingerprint density at radius 2 is 1.90 bits per heavy atom. The van der Waals surface area contributed by atoms with Gasteiger partial charge in [-0.15, -0.1) is 0 Å². The number of carbonyl (C=O) groups excluding carboxylic acids is 1. The van der Waals surface area contributed by atoms with Gasteiger partial charge in [0.15, 0.2) is 0 Å². The van der Waals surface area contributed by atoms with Crippen molar-refractivity contribution in [2.24, 2.45) is 5.73 Å². The molecule has 1 aromatic carbocycles. The van der Waals surface area contributed by atoms with Crippen molar-refractivity contribution in [1.29, 1.82) is 0 Å². The Labute approximate surface area is 119 Å². The molecular formula is C16H19N3O. The van der Waals surface area contributed by atoms with Gasteiger partial charge in [0.25, 0.3) is 0 Å². The minimum Gasteiger partial charge on any atom is -0.348 e. The molecule has 0 bridgehead atoms. The number of rotatable bonds is 5. The lowest BCUT2D eigenvalue weighted by Crippen LogP contribution is -2.30. The minimum absolute atomic E-state index is 0.0699. The molecule has 0 aliphatic heterocycles. The van der Waals surface area contributed by atoms with Crippen LogP contribution in [0.1, 0.15) is 36.7 Å². The lowest BCUT2D eigenvalue weighted by atomic mass is 10.0. The maximum absolute atomic E-state index is 12.0. The fourth-order valence-corrected chi connectivity index (χ4v) is 2.02. The molecule has 1 heterocycles. The molecule has 0 spiro atoms. The van der Waals surface area contributed by atoms with E-state index < -0.39 is 0 Å². The summed E-state index contributed by atoms with van der Waals surface area (Å²) >= 11 is 0. The second-order valence-corrected chi connectivity index (χ2v) is 4.77. The number of benzene rings is 1. The van der Waals surface area contributed by atoms with Crippen LogP contribution in [0.2, 0.25) is 0 Å². The summed E-state index contributed by atoms with van der Waals surface area (Å²) in [5, 5.41) is 2.92. The molecule has 1 aromatic heterocycles. The lowest BCUT2D eigenvalue weighted by Gasteiger charge is -2.16. The molecule has 1 unspecified atom stereocenters. The van der Waals surface area contributed by atoms with Gasteiger partial charge >= 0.3 is 0 Å². The molecule has 0 fully saturated rings. The van der Waals surface area contributed by atoms with E-state index in [9.17, 15) is 4.79 Å². The van der Waals surface area contributed by atoms with E-state index in [1.165, 1.54) is 0 Å². The van der Waals surface area contributed by atoms with E-state index in [4.69, 9.17) is 5.73 Å². The summed E-state index contributed by atoms with van der Waals surface area (Å²) in [7, 11) is 0. The van der Waals surface area contributed by atoms with E-state index in [1.807, 2.05) is 55.5 Å². The maximum Gasteiger partial charge on any atom is 0.222 e. The smallest absolute Gasteiger partial charge is 0.222 e. The van der Waals surface area contributed by atoms with Crippen LogP contribution in [0, 0.1) is 0 Å². The number of hydrogen-bond donors (Lipinski definition) is 2. The van der Waals surface area contributed by atoms with Gasteiger partial charge in [-0.1, -0.05) is 36.4 Å². The Morgan fingerprint density at radius 3 is 2.55 bits per heavy atom. The van der Waals surface area contributed by atoms with E-state index in [0.29, 0.717) is 0 Å². The molecule has 0 aliphatic carbocycles. The standard InChI is InChI=1S/C16H19N3O/c1-12(15-9-5-6-10-18-15)19-16(20)11-14(17)13-7-3-2-4-8-13/h2-10,12,14H,11,17H2,1H3,(H,19,20)/t12-,14?/m1/s1. The van der Waals surface area contributed by atoms with Gasteiger partial charge in [0.1, 0.15) is 0 Å². The first kappa shape index (κ1) is 14.2. The monoisotopic (exact) mass is 269 g/mol. The number of hydrogen-bond acceptors (Lipinski definition) is 3. The van der Waals surface area contributed by atoms with Crippen molar-refractivity contribution in [2.75, 3.05) is 0 Å². The van der Waals surface area contributed by atoms with E-state index in [-0.39, 0.29) is 24.4 Å². The Balaban J connectivity index is 1.90. The van der Waals surface area contributed by atoms with E-state index in [2.05, 4.69) is 10.3 Å². The molecule has 0 saturated carbocycles.